The first kappa shape index (κ1) is 13.3. The zero-order chi connectivity index (χ0) is 12.6. The van der Waals surface area contributed by atoms with Crippen LogP contribution in [0.1, 0.15) is 12.5 Å². The number of carbonyl (C=O) groups is 1. The lowest BCUT2D eigenvalue weighted by atomic mass is 10.0. The molecule has 1 unspecified atom stereocenters. The van der Waals surface area contributed by atoms with Crippen molar-refractivity contribution in [1.82, 2.24) is 0 Å². The lowest BCUT2D eigenvalue weighted by molar-refractivity contribution is -0.109. The summed E-state index contributed by atoms with van der Waals surface area (Å²) in [5, 5.41) is 0. The Bertz CT molecular complexity index is 523. The largest absolute Gasteiger partial charge is 0.301 e. The molecule has 6 heteroatoms. The first-order valence-corrected chi connectivity index (χ1v) is 7.02. The van der Waals surface area contributed by atoms with Gasteiger partial charge in [-0.15, -0.1) is 0 Å². The molecule has 1 aromatic carbocycles. The van der Waals surface area contributed by atoms with Crippen LogP contribution < -0.4 is 0 Å². The van der Waals surface area contributed by atoms with E-state index in [0.29, 0.717) is 11.8 Å². The molecule has 0 saturated carbocycles. The molecule has 0 bridgehead atoms. The standard InChI is InChI=1S/C10H10BrFO3S/c1-10(11,6-13)7-3-4-8(12)9(5-7)16(2,14)15/h3-6H,1-2H3. The monoisotopic (exact) mass is 308 g/mol. The van der Waals surface area contributed by atoms with E-state index in [1.165, 1.54) is 6.07 Å². The fourth-order valence-corrected chi connectivity index (χ4v) is 2.17. The second-order valence-corrected chi connectivity index (χ2v) is 7.24. The zero-order valence-electron chi connectivity index (χ0n) is 8.70. The number of carbonyl (C=O) groups excluding carboxylic acids is 1. The average Bonchev–Trinajstić information content (AvgIpc) is 2.16. The summed E-state index contributed by atoms with van der Waals surface area (Å²) in [7, 11) is -3.64. The molecule has 1 aromatic rings. The molecule has 0 aliphatic carbocycles. The maximum absolute atomic E-state index is 13.3. The van der Waals surface area contributed by atoms with Crippen LogP contribution in [0.15, 0.2) is 23.1 Å². The number of benzene rings is 1. The lowest BCUT2D eigenvalue weighted by Gasteiger charge is -2.16. The van der Waals surface area contributed by atoms with Crippen LogP contribution in [-0.2, 0) is 19.0 Å². The molecule has 0 amide bonds. The molecule has 0 fully saturated rings. The Balaban J connectivity index is 3.46. The van der Waals surface area contributed by atoms with E-state index in [1.807, 2.05) is 0 Å². The Morgan fingerprint density at radius 1 is 1.44 bits per heavy atom. The molecule has 16 heavy (non-hydrogen) atoms. The lowest BCUT2D eigenvalue weighted by Crippen LogP contribution is -2.15. The second kappa shape index (κ2) is 4.25. The summed E-state index contributed by atoms with van der Waals surface area (Å²) in [6, 6.07) is 3.57. The summed E-state index contributed by atoms with van der Waals surface area (Å²) in [4.78, 5) is 10.4. The molecule has 0 aliphatic rings. The van der Waals surface area contributed by atoms with Crippen LogP contribution in [0.25, 0.3) is 0 Å². The average molecular weight is 309 g/mol. The van der Waals surface area contributed by atoms with Gasteiger partial charge >= 0.3 is 0 Å². The molecule has 1 rings (SSSR count). The zero-order valence-corrected chi connectivity index (χ0v) is 11.1. The molecular formula is C10H10BrFO3S. The van der Waals surface area contributed by atoms with Crippen molar-refractivity contribution in [2.24, 2.45) is 0 Å². The number of sulfone groups is 1. The van der Waals surface area contributed by atoms with E-state index in [1.54, 1.807) is 6.92 Å². The Labute approximate surface area is 102 Å². The molecule has 3 nitrogen and oxygen atoms in total. The van der Waals surface area contributed by atoms with Gasteiger partial charge in [-0.25, -0.2) is 12.8 Å². The number of alkyl halides is 1. The normalized spacial score (nSPS) is 15.5. The molecule has 0 N–H and O–H groups in total. The summed E-state index contributed by atoms with van der Waals surface area (Å²) < 4.78 is 34.8. The summed E-state index contributed by atoms with van der Waals surface area (Å²) in [6.45, 7) is 1.55. The van der Waals surface area contributed by atoms with Crippen molar-refractivity contribution in [3.05, 3.63) is 29.6 Å². The molecule has 0 aromatic heterocycles. The molecule has 0 radical (unpaired) electrons. The molecule has 88 valence electrons. The second-order valence-electron chi connectivity index (χ2n) is 3.61. The highest BCUT2D eigenvalue weighted by molar-refractivity contribution is 9.10. The van der Waals surface area contributed by atoms with E-state index < -0.39 is 24.9 Å². The van der Waals surface area contributed by atoms with E-state index in [-0.39, 0.29) is 0 Å². The first-order chi connectivity index (χ1) is 7.18. The molecule has 1 atom stereocenters. The minimum absolute atomic E-state index is 0.393. The fourth-order valence-electron chi connectivity index (χ4n) is 1.16. The van der Waals surface area contributed by atoms with E-state index in [2.05, 4.69) is 15.9 Å². The molecular weight excluding hydrogens is 299 g/mol. The van der Waals surface area contributed by atoms with Gasteiger partial charge in [0.05, 0.1) is 0 Å². The van der Waals surface area contributed by atoms with Gasteiger partial charge in [-0.2, -0.15) is 0 Å². The number of hydrogen-bond acceptors (Lipinski definition) is 3. The van der Waals surface area contributed by atoms with Crippen LogP contribution in [0.2, 0.25) is 0 Å². The summed E-state index contributed by atoms with van der Waals surface area (Å²) in [5.74, 6) is -0.819. The van der Waals surface area contributed by atoms with Crippen LogP contribution in [0, 0.1) is 5.82 Å². The minimum Gasteiger partial charge on any atom is -0.301 e. The maximum atomic E-state index is 13.3. The van der Waals surface area contributed by atoms with Crippen LogP contribution >= 0.6 is 15.9 Å². The number of hydrogen-bond donors (Lipinski definition) is 0. The summed E-state index contributed by atoms with van der Waals surface area (Å²) in [5.41, 5.74) is 0.393. The molecule has 0 aliphatic heterocycles. The van der Waals surface area contributed by atoms with Gasteiger partial charge in [0.15, 0.2) is 9.84 Å². The third kappa shape index (κ3) is 2.68. The van der Waals surface area contributed by atoms with Gasteiger partial charge in [0.2, 0.25) is 0 Å². The Kier molecular flexibility index (Phi) is 3.54. The predicted octanol–water partition coefficient (Wildman–Crippen LogP) is 2.04. The van der Waals surface area contributed by atoms with Crippen LogP contribution in [-0.4, -0.2) is 21.0 Å². The number of halogens is 2. The first-order valence-electron chi connectivity index (χ1n) is 4.34. The van der Waals surface area contributed by atoms with E-state index in [0.717, 1.165) is 18.4 Å². The van der Waals surface area contributed by atoms with Gasteiger partial charge in [-0.05, 0) is 24.6 Å². The van der Waals surface area contributed by atoms with E-state index >= 15 is 0 Å². The Hall–Kier alpha value is -0.750. The van der Waals surface area contributed by atoms with Gasteiger partial charge in [0, 0.05) is 6.26 Å². The van der Waals surface area contributed by atoms with Crippen LogP contribution in [0.5, 0.6) is 0 Å². The highest BCUT2D eigenvalue weighted by atomic mass is 79.9. The van der Waals surface area contributed by atoms with E-state index in [9.17, 15) is 17.6 Å². The van der Waals surface area contributed by atoms with Crippen molar-refractivity contribution in [1.29, 1.82) is 0 Å². The van der Waals surface area contributed by atoms with Crippen molar-refractivity contribution < 1.29 is 17.6 Å². The smallest absolute Gasteiger partial charge is 0.178 e. The quantitative estimate of drug-likeness (QED) is 0.634. The third-order valence-electron chi connectivity index (χ3n) is 2.12. The Morgan fingerprint density at radius 2 is 2.00 bits per heavy atom. The van der Waals surface area contributed by atoms with E-state index in [4.69, 9.17) is 0 Å². The third-order valence-corrected chi connectivity index (χ3v) is 3.87. The fraction of sp³-hybridized carbons (Fsp3) is 0.300. The van der Waals surface area contributed by atoms with Gasteiger partial charge in [0.25, 0.3) is 0 Å². The van der Waals surface area contributed by atoms with Gasteiger partial charge in [0.1, 0.15) is 21.3 Å². The van der Waals surface area contributed by atoms with Crippen LogP contribution in [0.3, 0.4) is 0 Å². The van der Waals surface area contributed by atoms with Crippen molar-refractivity contribution in [2.45, 2.75) is 16.1 Å². The molecule has 0 saturated heterocycles. The van der Waals surface area contributed by atoms with Gasteiger partial charge < -0.3 is 4.79 Å². The highest BCUT2D eigenvalue weighted by Gasteiger charge is 2.25. The van der Waals surface area contributed by atoms with Crippen LogP contribution in [0.4, 0.5) is 4.39 Å². The Morgan fingerprint density at radius 3 is 2.44 bits per heavy atom. The predicted molar refractivity (Wildman–Crippen MR) is 61.9 cm³/mol. The number of rotatable bonds is 3. The van der Waals surface area contributed by atoms with Crippen molar-refractivity contribution in [3.8, 4) is 0 Å². The van der Waals surface area contributed by atoms with Crippen molar-refractivity contribution >= 4 is 32.1 Å². The summed E-state index contributed by atoms with van der Waals surface area (Å²) >= 11 is 3.13. The van der Waals surface area contributed by atoms with Gasteiger partial charge in [-0.3, -0.25) is 0 Å². The maximum Gasteiger partial charge on any atom is 0.178 e. The molecule has 0 heterocycles. The number of aldehydes is 1. The van der Waals surface area contributed by atoms with Gasteiger partial charge in [-0.1, -0.05) is 22.0 Å². The SMILES string of the molecule is CC(Br)(C=O)c1ccc(F)c(S(C)(=O)=O)c1. The van der Waals surface area contributed by atoms with Crippen molar-refractivity contribution in [2.75, 3.05) is 6.26 Å². The molecule has 0 spiro atoms. The highest BCUT2D eigenvalue weighted by Crippen LogP contribution is 2.30. The summed E-state index contributed by atoms with van der Waals surface area (Å²) in [6.07, 6.45) is 1.54. The van der Waals surface area contributed by atoms with Crippen molar-refractivity contribution in [3.63, 3.8) is 0 Å². The minimum atomic E-state index is -3.64. The topological polar surface area (TPSA) is 51.2 Å².